The number of unbranched alkanes of at least 4 members (excludes halogenated alkanes) is 10. The molecular weight excluding hydrogens is 390 g/mol. The summed E-state index contributed by atoms with van der Waals surface area (Å²) in [7, 11) is 0. The standard InChI is InChI=1S/C29H41N3/c1-3-5-7-9-11-15-21-29(22-16-12-10-8-6-4-2)27-18-14-13-17-25(27)26-20-19-24(31-32-30)23-28(26)29/h13-14,17-20,23H,3-12,15-16,21-22H2,1-2H3. The first-order valence-corrected chi connectivity index (χ1v) is 13.1. The summed E-state index contributed by atoms with van der Waals surface area (Å²) in [4.78, 5) is 3.06. The molecule has 0 fully saturated rings. The van der Waals surface area contributed by atoms with Crippen molar-refractivity contribution in [1.29, 1.82) is 0 Å². The van der Waals surface area contributed by atoms with Gasteiger partial charge >= 0.3 is 0 Å². The first kappa shape index (κ1) is 24.4. The molecule has 0 amide bonds. The summed E-state index contributed by atoms with van der Waals surface area (Å²) in [6.07, 6.45) is 18.2. The lowest BCUT2D eigenvalue weighted by atomic mass is 9.70. The van der Waals surface area contributed by atoms with Crippen LogP contribution < -0.4 is 0 Å². The second-order valence-corrected chi connectivity index (χ2v) is 9.58. The molecule has 172 valence electrons. The Labute approximate surface area is 195 Å². The first-order chi connectivity index (χ1) is 15.8. The fourth-order valence-corrected chi connectivity index (χ4v) is 5.64. The molecule has 0 aliphatic heterocycles. The molecule has 3 heteroatoms. The van der Waals surface area contributed by atoms with Crippen LogP contribution in [0.3, 0.4) is 0 Å². The van der Waals surface area contributed by atoms with E-state index in [1.807, 2.05) is 6.07 Å². The Bertz CT molecular complexity index is 879. The molecule has 0 heterocycles. The van der Waals surface area contributed by atoms with Gasteiger partial charge in [0.2, 0.25) is 0 Å². The summed E-state index contributed by atoms with van der Waals surface area (Å²) in [5.74, 6) is 0. The van der Waals surface area contributed by atoms with Gasteiger partial charge < -0.3 is 0 Å². The van der Waals surface area contributed by atoms with Crippen molar-refractivity contribution in [3.8, 4) is 11.1 Å². The van der Waals surface area contributed by atoms with Crippen LogP contribution in [0, 0.1) is 0 Å². The zero-order valence-electron chi connectivity index (χ0n) is 20.3. The summed E-state index contributed by atoms with van der Waals surface area (Å²) in [5, 5.41) is 3.95. The third-order valence-electron chi connectivity index (χ3n) is 7.33. The highest BCUT2D eigenvalue weighted by atomic mass is 15.1. The largest absolute Gasteiger partial charge is 0.0654 e. The molecule has 0 bridgehead atoms. The van der Waals surface area contributed by atoms with Crippen LogP contribution in [0.15, 0.2) is 47.6 Å². The van der Waals surface area contributed by atoms with Crippen molar-refractivity contribution in [1.82, 2.24) is 0 Å². The van der Waals surface area contributed by atoms with Crippen LogP contribution in [0.2, 0.25) is 0 Å². The number of nitrogens with zero attached hydrogens (tertiary/aromatic N) is 3. The average Bonchev–Trinajstić information content (AvgIpc) is 3.08. The molecule has 1 aliphatic rings. The smallest absolute Gasteiger partial charge is 0.0378 e. The number of rotatable bonds is 15. The molecule has 0 atom stereocenters. The number of hydrogen-bond acceptors (Lipinski definition) is 1. The Morgan fingerprint density at radius 3 is 1.88 bits per heavy atom. The van der Waals surface area contributed by atoms with E-state index in [-0.39, 0.29) is 5.41 Å². The van der Waals surface area contributed by atoms with E-state index in [1.165, 1.54) is 112 Å². The van der Waals surface area contributed by atoms with Crippen LogP contribution in [0.25, 0.3) is 21.6 Å². The highest BCUT2D eigenvalue weighted by Crippen LogP contribution is 2.54. The molecular formula is C29H41N3. The lowest BCUT2D eigenvalue weighted by Gasteiger charge is -2.33. The van der Waals surface area contributed by atoms with E-state index in [2.05, 4.69) is 60.3 Å². The minimum atomic E-state index is 0.0580. The van der Waals surface area contributed by atoms with Gasteiger partial charge in [0.15, 0.2) is 0 Å². The van der Waals surface area contributed by atoms with Gasteiger partial charge in [-0.1, -0.05) is 132 Å². The van der Waals surface area contributed by atoms with Crippen molar-refractivity contribution in [2.75, 3.05) is 0 Å². The summed E-state index contributed by atoms with van der Waals surface area (Å²) in [6.45, 7) is 4.56. The Morgan fingerprint density at radius 2 is 1.25 bits per heavy atom. The van der Waals surface area contributed by atoms with Crippen LogP contribution >= 0.6 is 0 Å². The first-order valence-electron chi connectivity index (χ1n) is 13.1. The maximum absolute atomic E-state index is 9.02. The second-order valence-electron chi connectivity index (χ2n) is 9.58. The van der Waals surface area contributed by atoms with E-state index >= 15 is 0 Å². The SMILES string of the molecule is CCCCCCCCC1(CCCCCCCC)c2ccccc2-c2ccc(N=[N+]=[N-])cc21. The van der Waals surface area contributed by atoms with E-state index < -0.39 is 0 Å². The molecule has 0 saturated carbocycles. The lowest BCUT2D eigenvalue weighted by Crippen LogP contribution is -2.25. The van der Waals surface area contributed by atoms with Gasteiger partial charge in [-0.2, -0.15) is 0 Å². The normalized spacial score (nSPS) is 13.4. The minimum absolute atomic E-state index is 0.0580. The van der Waals surface area contributed by atoms with Crippen molar-refractivity contribution >= 4 is 5.69 Å². The second kappa shape index (κ2) is 12.7. The van der Waals surface area contributed by atoms with Crippen molar-refractivity contribution in [3.05, 3.63) is 64.0 Å². The topological polar surface area (TPSA) is 48.8 Å². The van der Waals surface area contributed by atoms with E-state index in [1.54, 1.807) is 0 Å². The Balaban J connectivity index is 1.87. The summed E-state index contributed by atoms with van der Waals surface area (Å²) >= 11 is 0. The average molecular weight is 432 g/mol. The maximum atomic E-state index is 9.02. The third kappa shape index (κ3) is 5.75. The zero-order chi connectivity index (χ0) is 22.7. The summed E-state index contributed by atoms with van der Waals surface area (Å²) in [5.41, 5.74) is 15.4. The number of benzene rings is 2. The number of azide groups is 1. The monoisotopic (exact) mass is 431 g/mol. The van der Waals surface area contributed by atoms with Crippen LogP contribution in [0.5, 0.6) is 0 Å². The molecule has 0 aromatic heterocycles. The Hall–Kier alpha value is -2.25. The molecule has 0 spiro atoms. The lowest BCUT2D eigenvalue weighted by molar-refractivity contribution is 0.398. The molecule has 3 nitrogen and oxygen atoms in total. The van der Waals surface area contributed by atoms with Crippen molar-refractivity contribution in [2.45, 2.75) is 109 Å². The summed E-state index contributed by atoms with van der Waals surface area (Å²) in [6, 6.07) is 15.3. The zero-order valence-corrected chi connectivity index (χ0v) is 20.3. The van der Waals surface area contributed by atoms with Crippen LogP contribution in [0.4, 0.5) is 5.69 Å². The molecule has 2 aromatic rings. The van der Waals surface area contributed by atoms with Crippen LogP contribution in [0.1, 0.15) is 115 Å². The highest BCUT2D eigenvalue weighted by molar-refractivity contribution is 5.82. The van der Waals surface area contributed by atoms with E-state index in [9.17, 15) is 0 Å². The quantitative estimate of drug-likeness (QED) is 0.116. The van der Waals surface area contributed by atoms with Gasteiger partial charge in [-0.05, 0) is 46.7 Å². The number of fused-ring (bicyclic) bond motifs is 3. The van der Waals surface area contributed by atoms with Crippen molar-refractivity contribution in [2.24, 2.45) is 5.11 Å². The van der Waals surface area contributed by atoms with E-state index in [4.69, 9.17) is 5.53 Å². The highest BCUT2D eigenvalue weighted by Gasteiger charge is 2.42. The predicted octanol–water partition coefficient (Wildman–Crippen LogP) is 10.4. The van der Waals surface area contributed by atoms with Gasteiger partial charge in [0.25, 0.3) is 0 Å². The van der Waals surface area contributed by atoms with Gasteiger partial charge in [0.1, 0.15) is 0 Å². The maximum Gasteiger partial charge on any atom is 0.0378 e. The fraction of sp³-hybridized carbons (Fsp3) is 0.586. The Morgan fingerprint density at radius 1 is 0.688 bits per heavy atom. The third-order valence-corrected chi connectivity index (χ3v) is 7.33. The van der Waals surface area contributed by atoms with Gasteiger partial charge in [-0.3, -0.25) is 0 Å². The van der Waals surface area contributed by atoms with E-state index in [0.717, 1.165) is 5.69 Å². The minimum Gasteiger partial charge on any atom is -0.0654 e. The summed E-state index contributed by atoms with van der Waals surface area (Å²) < 4.78 is 0. The predicted molar refractivity (Wildman–Crippen MR) is 137 cm³/mol. The Kier molecular flexibility index (Phi) is 9.68. The fourth-order valence-electron chi connectivity index (χ4n) is 5.64. The molecule has 3 rings (SSSR count). The molecule has 1 aliphatic carbocycles. The van der Waals surface area contributed by atoms with Crippen molar-refractivity contribution in [3.63, 3.8) is 0 Å². The van der Waals surface area contributed by atoms with E-state index in [0.29, 0.717) is 0 Å². The van der Waals surface area contributed by atoms with Gasteiger partial charge in [-0.25, -0.2) is 0 Å². The van der Waals surface area contributed by atoms with Gasteiger partial charge in [0.05, 0.1) is 0 Å². The molecule has 0 radical (unpaired) electrons. The molecule has 0 N–H and O–H groups in total. The molecule has 32 heavy (non-hydrogen) atoms. The molecule has 0 saturated heterocycles. The van der Waals surface area contributed by atoms with Crippen molar-refractivity contribution < 1.29 is 0 Å². The van der Waals surface area contributed by atoms with Crippen LogP contribution in [-0.4, -0.2) is 0 Å². The van der Waals surface area contributed by atoms with Gasteiger partial charge in [-0.15, -0.1) is 0 Å². The molecule has 2 aromatic carbocycles. The molecule has 0 unspecified atom stereocenters. The van der Waals surface area contributed by atoms with Crippen LogP contribution in [-0.2, 0) is 5.41 Å². The number of hydrogen-bond donors (Lipinski definition) is 0. The van der Waals surface area contributed by atoms with Gasteiger partial charge in [0, 0.05) is 16.0 Å².